The Hall–Kier alpha value is -3.37. The summed E-state index contributed by atoms with van der Waals surface area (Å²) < 4.78 is 0. The lowest BCUT2D eigenvalue weighted by atomic mass is 9.90. The van der Waals surface area contributed by atoms with E-state index in [1.165, 1.54) is 5.56 Å². The normalized spacial score (nSPS) is 14.4. The number of aromatic nitrogens is 2. The molecule has 1 aliphatic rings. The molecule has 0 bridgehead atoms. The van der Waals surface area contributed by atoms with E-state index in [1.54, 1.807) is 0 Å². The molecule has 0 radical (unpaired) electrons. The lowest BCUT2D eigenvalue weighted by Gasteiger charge is -2.32. The molecule has 5 rings (SSSR count). The lowest BCUT2D eigenvalue weighted by Crippen LogP contribution is -2.38. The fourth-order valence-corrected chi connectivity index (χ4v) is 4.63. The van der Waals surface area contributed by atoms with Gasteiger partial charge in [-0.25, -0.2) is 0 Å². The zero-order valence-electron chi connectivity index (χ0n) is 18.4. The van der Waals surface area contributed by atoms with Gasteiger partial charge in [0.2, 0.25) is 0 Å². The molecule has 2 heterocycles. The molecular formula is C28H26ClN3O. The van der Waals surface area contributed by atoms with Crippen LogP contribution < -0.4 is 0 Å². The highest BCUT2D eigenvalue weighted by molar-refractivity contribution is 6.30. The van der Waals surface area contributed by atoms with Crippen LogP contribution in [0, 0.1) is 5.92 Å². The molecule has 1 N–H and O–H groups in total. The molecule has 1 saturated heterocycles. The third kappa shape index (κ3) is 5.01. The Morgan fingerprint density at radius 3 is 2.27 bits per heavy atom. The maximum atomic E-state index is 13.0. The van der Waals surface area contributed by atoms with E-state index in [2.05, 4.69) is 40.5 Å². The molecule has 5 heteroatoms. The third-order valence-electron chi connectivity index (χ3n) is 6.43. The average molecular weight is 456 g/mol. The summed E-state index contributed by atoms with van der Waals surface area (Å²) in [5.41, 5.74) is 5.90. The molecule has 1 aliphatic heterocycles. The molecule has 4 aromatic rings. The number of piperidine rings is 1. The summed E-state index contributed by atoms with van der Waals surface area (Å²) in [4.78, 5) is 15.0. The van der Waals surface area contributed by atoms with E-state index in [-0.39, 0.29) is 5.91 Å². The highest BCUT2D eigenvalue weighted by Crippen LogP contribution is 2.26. The van der Waals surface area contributed by atoms with Gasteiger partial charge in [0.05, 0.1) is 11.4 Å². The van der Waals surface area contributed by atoms with Gasteiger partial charge in [-0.05, 0) is 66.6 Å². The monoisotopic (exact) mass is 455 g/mol. The molecule has 33 heavy (non-hydrogen) atoms. The smallest absolute Gasteiger partial charge is 0.253 e. The molecule has 0 unspecified atom stereocenters. The largest absolute Gasteiger partial charge is 0.339 e. The van der Waals surface area contributed by atoms with Crippen LogP contribution in [0.15, 0.2) is 84.9 Å². The van der Waals surface area contributed by atoms with Crippen LogP contribution in [0.4, 0.5) is 0 Å². The zero-order valence-corrected chi connectivity index (χ0v) is 19.1. The third-order valence-corrected chi connectivity index (χ3v) is 6.68. The van der Waals surface area contributed by atoms with Gasteiger partial charge in [-0.15, -0.1) is 0 Å². The molecule has 3 aromatic carbocycles. The van der Waals surface area contributed by atoms with E-state index in [0.717, 1.165) is 60.4 Å². The van der Waals surface area contributed by atoms with E-state index in [4.69, 9.17) is 11.6 Å². The van der Waals surface area contributed by atoms with E-state index in [9.17, 15) is 4.79 Å². The highest BCUT2D eigenvalue weighted by atomic mass is 35.5. The highest BCUT2D eigenvalue weighted by Gasteiger charge is 2.23. The molecule has 0 spiro atoms. The van der Waals surface area contributed by atoms with Crippen molar-refractivity contribution in [3.63, 3.8) is 0 Å². The Kier molecular flexibility index (Phi) is 6.27. The summed E-state index contributed by atoms with van der Waals surface area (Å²) in [5, 5.41) is 8.23. The SMILES string of the molecule is O=C(c1ccc(-c2cc(-c3ccc(Cl)cc3)[nH]n2)cc1)N1CCC(Cc2ccccc2)CC1. The Morgan fingerprint density at radius 2 is 1.58 bits per heavy atom. The van der Waals surface area contributed by atoms with Gasteiger partial charge >= 0.3 is 0 Å². The summed E-state index contributed by atoms with van der Waals surface area (Å²) in [6.07, 6.45) is 3.21. The average Bonchev–Trinajstić information content (AvgIpc) is 3.36. The van der Waals surface area contributed by atoms with Crippen molar-refractivity contribution in [3.05, 3.63) is 101 Å². The quantitative estimate of drug-likeness (QED) is 0.373. The second-order valence-corrected chi connectivity index (χ2v) is 9.11. The zero-order chi connectivity index (χ0) is 22.6. The van der Waals surface area contributed by atoms with Gasteiger partial charge in [-0.1, -0.05) is 66.2 Å². The molecule has 4 nitrogen and oxygen atoms in total. The van der Waals surface area contributed by atoms with Gasteiger partial charge in [0.15, 0.2) is 0 Å². The summed E-state index contributed by atoms with van der Waals surface area (Å²) in [5.74, 6) is 0.761. The van der Waals surface area contributed by atoms with Crippen LogP contribution in [-0.4, -0.2) is 34.1 Å². The number of H-pyrrole nitrogens is 1. The van der Waals surface area contributed by atoms with Crippen molar-refractivity contribution in [3.8, 4) is 22.5 Å². The van der Waals surface area contributed by atoms with E-state index < -0.39 is 0 Å². The molecule has 1 aromatic heterocycles. The number of carbonyl (C=O) groups excluding carboxylic acids is 1. The number of benzene rings is 3. The molecule has 0 aliphatic carbocycles. The minimum atomic E-state index is 0.114. The van der Waals surface area contributed by atoms with Crippen molar-refractivity contribution in [2.75, 3.05) is 13.1 Å². The van der Waals surface area contributed by atoms with Gasteiger partial charge in [0.25, 0.3) is 5.91 Å². The lowest BCUT2D eigenvalue weighted by molar-refractivity contribution is 0.0690. The van der Waals surface area contributed by atoms with Crippen LogP contribution in [0.5, 0.6) is 0 Å². The molecular weight excluding hydrogens is 430 g/mol. The van der Waals surface area contributed by atoms with Crippen molar-refractivity contribution >= 4 is 17.5 Å². The number of carbonyl (C=O) groups is 1. The summed E-state index contributed by atoms with van der Waals surface area (Å²) in [6, 6.07) is 28.0. The van der Waals surface area contributed by atoms with Crippen LogP contribution in [-0.2, 0) is 6.42 Å². The first-order chi connectivity index (χ1) is 16.2. The fourth-order valence-electron chi connectivity index (χ4n) is 4.50. The first kappa shape index (κ1) is 21.5. The van der Waals surface area contributed by atoms with Crippen molar-refractivity contribution in [1.29, 1.82) is 0 Å². The Bertz CT molecular complexity index is 1210. The van der Waals surface area contributed by atoms with E-state index >= 15 is 0 Å². The number of likely N-dealkylation sites (tertiary alicyclic amines) is 1. The number of aromatic amines is 1. The predicted octanol–water partition coefficient (Wildman–Crippen LogP) is 6.49. The second kappa shape index (κ2) is 9.63. The number of nitrogens with one attached hydrogen (secondary N) is 1. The summed E-state index contributed by atoms with van der Waals surface area (Å²) >= 11 is 5.98. The maximum Gasteiger partial charge on any atom is 0.253 e. The fraction of sp³-hybridized carbons (Fsp3) is 0.214. The molecule has 166 valence electrons. The van der Waals surface area contributed by atoms with Gasteiger partial charge < -0.3 is 4.90 Å². The van der Waals surface area contributed by atoms with Gasteiger partial charge in [0, 0.05) is 29.2 Å². The van der Waals surface area contributed by atoms with Crippen molar-refractivity contribution in [2.45, 2.75) is 19.3 Å². The van der Waals surface area contributed by atoms with Gasteiger partial charge in [0.1, 0.15) is 0 Å². The minimum Gasteiger partial charge on any atom is -0.339 e. The topological polar surface area (TPSA) is 49.0 Å². The predicted molar refractivity (Wildman–Crippen MR) is 133 cm³/mol. The Labute approximate surface area is 199 Å². The molecule has 0 saturated carbocycles. The van der Waals surface area contributed by atoms with Crippen molar-refractivity contribution in [1.82, 2.24) is 15.1 Å². The number of rotatable bonds is 5. The first-order valence-corrected chi connectivity index (χ1v) is 11.8. The molecule has 1 amide bonds. The van der Waals surface area contributed by atoms with Gasteiger partial charge in [-0.2, -0.15) is 5.10 Å². The van der Waals surface area contributed by atoms with E-state index in [1.807, 2.05) is 59.5 Å². The summed E-state index contributed by atoms with van der Waals surface area (Å²) in [6.45, 7) is 1.64. The van der Waals surface area contributed by atoms with Crippen LogP contribution in [0.3, 0.4) is 0 Å². The second-order valence-electron chi connectivity index (χ2n) is 8.68. The van der Waals surface area contributed by atoms with Crippen molar-refractivity contribution in [2.24, 2.45) is 5.92 Å². The number of amides is 1. The standard InChI is InChI=1S/C28H26ClN3O/c29-25-12-10-23(11-13-25)27-19-26(30-31-27)22-6-8-24(9-7-22)28(33)32-16-14-21(15-17-32)18-20-4-2-1-3-5-20/h1-13,19,21H,14-18H2,(H,30,31). The minimum absolute atomic E-state index is 0.114. The number of halogens is 1. The van der Waals surface area contributed by atoms with Crippen LogP contribution in [0.25, 0.3) is 22.5 Å². The van der Waals surface area contributed by atoms with Crippen molar-refractivity contribution < 1.29 is 4.79 Å². The first-order valence-electron chi connectivity index (χ1n) is 11.4. The maximum absolute atomic E-state index is 13.0. The van der Waals surface area contributed by atoms with Crippen LogP contribution >= 0.6 is 11.6 Å². The van der Waals surface area contributed by atoms with Crippen LogP contribution in [0.2, 0.25) is 5.02 Å². The summed E-state index contributed by atoms with van der Waals surface area (Å²) in [7, 11) is 0. The molecule has 1 fully saturated rings. The number of hydrogen-bond acceptors (Lipinski definition) is 2. The molecule has 0 atom stereocenters. The number of nitrogens with zero attached hydrogens (tertiary/aromatic N) is 2. The van der Waals surface area contributed by atoms with Crippen LogP contribution in [0.1, 0.15) is 28.8 Å². The Balaban J connectivity index is 1.20. The Morgan fingerprint density at radius 1 is 0.909 bits per heavy atom. The van der Waals surface area contributed by atoms with Gasteiger partial charge in [-0.3, -0.25) is 9.89 Å². The van der Waals surface area contributed by atoms with E-state index in [0.29, 0.717) is 10.9 Å². The number of hydrogen-bond donors (Lipinski definition) is 1.